The molecule has 2 aliphatic rings. The summed E-state index contributed by atoms with van der Waals surface area (Å²) < 4.78 is 2.17. The van der Waals surface area contributed by atoms with E-state index in [9.17, 15) is 5.11 Å². The first-order chi connectivity index (χ1) is 10.3. The van der Waals surface area contributed by atoms with Crippen molar-refractivity contribution in [1.29, 1.82) is 0 Å². The van der Waals surface area contributed by atoms with Gasteiger partial charge in [0, 0.05) is 18.2 Å². The summed E-state index contributed by atoms with van der Waals surface area (Å²) >= 11 is 0. The summed E-state index contributed by atoms with van der Waals surface area (Å²) in [7, 11) is 0. The van der Waals surface area contributed by atoms with Crippen LogP contribution in [-0.4, -0.2) is 25.7 Å². The molecule has 0 amide bonds. The predicted molar refractivity (Wildman–Crippen MR) is 80.8 cm³/mol. The largest absolute Gasteiger partial charge is 0.393 e. The van der Waals surface area contributed by atoms with Crippen LogP contribution in [0.1, 0.15) is 50.3 Å². The molecule has 1 saturated carbocycles. The topological polar surface area (TPSA) is 50.9 Å². The minimum absolute atomic E-state index is 0.135. The van der Waals surface area contributed by atoms with E-state index < -0.39 is 0 Å². The molecule has 0 saturated heterocycles. The average molecular weight is 283 g/mol. The number of hydrogen-bond acceptors (Lipinski definition) is 3. The lowest BCUT2D eigenvalue weighted by atomic mass is 9.83. The van der Waals surface area contributed by atoms with Crippen molar-refractivity contribution in [2.45, 2.75) is 50.7 Å². The molecular weight excluding hydrogens is 262 g/mol. The van der Waals surface area contributed by atoms with Gasteiger partial charge in [0.2, 0.25) is 0 Å². The zero-order valence-corrected chi connectivity index (χ0v) is 12.2. The number of rotatable bonds is 3. The van der Waals surface area contributed by atoms with Crippen LogP contribution in [-0.2, 0) is 0 Å². The van der Waals surface area contributed by atoms with E-state index in [4.69, 9.17) is 0 Å². The molecule has 2 aromatic rings. The summed E-state index contributed by atoms with van der Waals surface area (Å²) in [5, 5.41) is 10.7. The van der Waals surface area contributed by atoms with Crippen molar-refractivity contribution in [1.82, 2.24) is 14.5 Å². The highest BCUT2D eigenvalue weighted by Gasteiger charge is 2.33. The molecule has 4 nitrogen and oxygen atoms in total. The zero-order chi connectivity index (χ0) is 14.2. The van der Waals surface area contributed by atoms with Crippen LogP contribution >= 0.6 is 0 Å². The first-order valence-corrected chi connectivity index (χ1v) is 8.00. The average Bonchev–Trinajstić information content (AvgIpc) is 3.11. The normalized spacial score (nSPS) is 22.8. The van der Waals surface area contributed by atoms with Gasteiger partial charge in [0.25, 0.3) is 0 Å². The van der Waals surface area contributed by atoms with Gasteiger partial charge < -0.3 is 9.67 Å². The molecule has 110 valence electrons. The lowest BCUT2D eigenvalue weighted by molar-refractivity contribution is 0.0683. The van der Waals surface area contributed by atoms with Crippen molar-refractivity contribution < 1.29 is 5.11 Å². The number of pyridine rings is 1. The number of aromatic nitrogens is 3. The van der Waals surface area contributed by atoms with Crippen molar-refractivity contribution >= 4 is 0 Å². The van der Waals surface area contributed by atoms with Crippen molar-refractivity contribution in [3.8, 4) is 11.3 Å². The van der Waals surface area contributed by atoms with Gasteiger partial charge in [-0.25, -0.2) is 4.98 Å². The first kappa shape index (κ1) is 13.0. The monoisotopic (exact) mass is 283 g/mol. The Labute approximate surface area is 124 Å². The van der Waals surface area contributed by atoms with Crippen molar-refractivity contribution in [3.05, 3.63) is 36.5 Å². The van der Waals surface area contributed by atoms with E-state index in [-0.39, 0.29) is 12.1 Å². The lowest BCUT2D eigenvalue weighted by Crippen LogP contribution is -2.26. The molecule has 1 N–H and O–H groups in total. The molecule has 2 atom stereocenters. The highest BCUT2D eigenvalue weighted by atomic mass is 16.3. The third kappa shape index (κ3) is 2.18. The Kier molecular flexibility index (Phi) is 3.26. The van der Waals surface area contributed by atoms with Gasteiger partial charge in [0.15, 0.2) is 0 Å². The smallest absolute Gasteiger partial charge is 0.0957 e. The van der Waals surface area contributed by atoms with Crippen LogP contribution in [0.25, 0.3) is 11.3 Å². The Morgan fingerprint density at radius 1 is 1.29 bits per heavy atom. The van der Waals surface area contributed by atoms with E-state index in [2.05, 4.69) is 20.6 Å². The molecule has 3 heterocycles. The van der Waals surface area contributed by atoms with Crippen molar-refractivity contribution in [3.63, 3.8) is 0 Å². The molecular formula is C17H21N3O. The van der Waals surface area contributed by atoms with Gasteiger partial charge in [0.1, 0.15) is 0 Å². The summed E-state index contributed by atoms with van der Waals surface area (Å²) in [6, 6.07) is 4.20. The van der Waals surface area contributed by atoms with Gasteiger partial charge in [-0.15, -0.1) is 0 Å². The van der Waals surface area contributed by atoms with E-state index in [0.717, 1.165) is 23.4 Å². The fourth-order valence-corrected chi connectivity index (χ4v) is 3.96. The molecule has 0 radical (unpaired) electrons. The molecule has 0 spiro atoms. The lowest BCUT2D eigenvalue weighted by Gasteiger charge is -2.28. The van der Waals surface area contributed by atoms with Gasteiger partial charge in [-0.3, -0.25) is 4.98 Å². The van der Waals surface area contributed by atoms with Gasteiger partial charge in [-0.2, -0.15) is 0 Å². The third-order valence-corrected chi connectivity index (χ3v) is 5.09. The second kappa shape index (κ2) is 5.26. The fraction of sp³-hybridized carbons (Fsp3) is 0.529. The van der Waals surface area contributed by atoms with Crippen LogP contribution in [0.3, 0.4) is 0 Å². The number of imidazole rings is 1. The molecule has 2 aromatic heterocycles. The zero-order valence-electron chi connectivity index (χ0n) is 12.2. The quantitative estimate of drug-likeness (QED) is 0.941. The van der Waals surface area contributed by atoms with E-state index in [0.29, 0.717) is 5.92 Å². The molecule has 1 aliphatic heterocycles. The van der Waals surface area contributed by atoms with E-state index in [1.165, 1.54) is 32.1 Å². The predicted octanol–water partition coefficient (Wildman–Crippen LogP) is 3.18. The SMILES string of the molecule is O[C@@H](C[C@@H]1c2ncccc2-c2cncn21)C1CCCCC1. The summed E-state index contributed by atoms with van der Waals surface area (Å²) in [4.78, 5) is 8.83. The Hall–Kier alpha value is -1.68. The second-order valence-electron chi connectivity index (χ2n) is 6.34. The highest BCUT2D eigenvalue weighted by Crippen LogP contribution is 2.41. The molecule has 1 fully saturated rings. The number of aliphatic hydroxyl groups excluding tert-OH is 1. The maximum Gasteiger partial charge on any atom is 0.0957 e. The van der Waals surface area contributed by atoms with E-state index in [1.807, 2.05) is 24.8 Å². The van der Waals surface area contributed by atoms with Crippen LogP contribution < -0.4 is 0 Å². The van der Waals surface area contributed by atoms with Crippen LogP contribution in [0.4, 0.5) is 0 Å². The van der Waals surface area contributed by atoms with Gasteiger partial charge >= 0.3 is 0 Å². The molecule has 0 bridgehead atoms. The molecule has 1 aliphatic carbocycles. The summed E-state index contributed by atoms with van der Waals surface area (Å²) in [5.74, 6) is 0.457. The third-order valence-electron chi connectivity index (χ3n) is 5.09. The minimum atomic E-state index is -0.237. The first-order valence-electron chi connectivity index (χ1n) is 8.00. The number of hydrogen-bond donors (Lipinski definition) is 1. The fourth-order valence-electron chi connectivity index (χ4n) is 3.96. The maximum atomic E-state index is 10.7. The number of fused-ring (bicyclic) bond motifs is 3. The van der Waals surface area contributed by atoms with Gasteiger partial charge in [-0.05, 0) is 30.9 Å². The van der Waals surface area contributed by atoms with Crippen molar-refractivity contribution in [2.24, 2.45) is 5.92 Å². The van der Waals surface area contributed by atoms with E-state index >= 15 is 0 Å². The molecule has 4 heteroatoms. The minimum Gasteiger partial charge on any atom is -0.393 e. The van der Waals surface area contributed by atoms with Gasteiger partial charge in [-0.1, -0.05) is 19.3 Å². The summed E-state index contributed by atoms with van der Waals surface area (Å²) in [5.41, 5.74) is 3.37. The summed E-state index contributed by atoms with van der Waals surface area (Å²) in [6.45, 7) is 0. The molecule has 0 unspecified atom stereocenters. The molecule has 0 aromatic carbocycles. The van der Waals surface area contributed by atoms with Gasteiger partial charge in [0.05, 0.1) is 36.1 Å². The summed E-state index contributed by atoms with van der Waals surface area (Å²) in [6.07, 6.45) is 12.3. The van der Waals surface area contributed by atoms with E-state index in [1.54, 1.807) is 0 Å². The second-order valence-corrected chi connectivity index (χ2v) is 6.34. The Balaban J connectivity index is 1.60. The van der Waals surface area contributed by atoms with Crippen LogP contribution in [0.5, 0.6) is 0 Å². The Morgan fingerprint density at radius 3 is 3.00 bits per heavy atom. The van der Waals surface area contributed by atoms with Crippen LogP contribution in [0.2, 0.25) is 0 Å². The number of aliphatic hydroxyl groups is 1. The van der Waals surface area contributed by atoms with Crippen LogP contribution in [0.15, 0.2) is 30.9 Å². The Morgan fingerprint density at radius 2 is 2.14 bits per heavy atom. The Bertz CT molecular complexity index is 630. The van der Waals surface area contributed by atoms with Crippen molar-refractivity contribution in [2.75, 3.05) is 0 Å². The highest BCUT2D eigenvalue weighted by molar-refractivity contribution is 5.66. The molecule has 4 rings (SSSR count). The number of nitrogens with zero attached hydrogens (tertiary/aromatic N) is 3. The van der Waals surface area contributed by atoms with Crippen LogP contribution in [0, 0.1) is 5.92 Å². The maximum absolute atomic E-state index is 10.7. The molecule has 21 heavy (non-hydrogen) atoms. The standard InChI is InChI=1S/C17H21N3O/c21-16(12-5-2-1-3-6-12)9-14-17-13(7-4-8-19-17)15-10-18-11-20(14)15/h4,7-8,10-12,14,16,21H,1-3,5-6,9H2/t14-,16+/m1/s1.